The van der Waals surface area contributed by atoms with Crippen LogP contribution < -0.4 is 15.0 Å². The van der Waals surface area contributed by atoms with E-state index in [9.17, 15) is 4.79 Å². The third kappa shape index (κ3) is 5.23. The van der Waals surface area contributed by atoms with Gasteiger partial charge >= 0.3 is 0 Å². The van der Waals surface area contributed by atoms with Gasteiger partial charge in [-0.2, -0.15) is 0 Å². The van der Waals surface area contributed by atoms with E-state index in [2.05, 4.69) is 27.2 Å². The summed E-state index contributed by atoms with van der Waals surface area (Å²) in [5.41, 5.74) is 4.66. The van der Waals surface area contributed by atoms with Gasteiger partial charge in [-0.1, -0.05) is 41.9 Å². The van der Waals surface area contributed by atoms with Crippen molar-refractivity contribution in [3.8, 4) is 5.75 Å². The molecule has 0 spiro atoms. The maximum Gasteiger partial charge on any atom is 0.255 e. The first-order valence-electron chi connectivity index (χ1n) is 10.8. The van der Waals surface area contributed by atoms with Crippen LogP contribution in [0.1, 0.15) is 21.5 Å². The third-order valence-electron chi connectivity index (χ3n) is 5.85. The predicted octanol–water partition coefficient (Wildman–Crippen LogP) is 5.23. The highest BCUT2D eigenvalue weighted by molar-refractivity contribution is 6.31. The number of carbonyl (C=O) groups is 1. The number of halogens is 1. The van der Waals surface area contributed by atoms with Crippen LogP contribution in [0, 0.1) is 6.92 Å². The minimum atomic E-state index is -0.137. The van der Waals surface area contributed by atoms with Crippen molar-refractivity contribution in [1.82, 2.24) is 4.90 Å². The summed E-state index contributed by atoms with van der Waals surface area (Å²) in [4.78, 5) is 17.4. The molecule has 3 aromatic rings. The molecule has 1 aliphatic heterocycles. The molecule has 3 aromatic carbocycles. The van der Waals surface area contributed by atoms with Crippen LogP contribution in [0.4, 0.5) is 11.4 Å². The number of anilines is 2. The zero-order valence-electron chi connectivity index (χ0n) is 18.5. The van der Waals surface area contributed by atoms with Gasteiger partial charge in [0.05, 0.1) is 12.8 Å². The number of para-hydroxylation sites is 2. The van der Waals surface area contributed by atoms with E-state index in [1.54, 1.807) is 13.2 Å². The Balaban J connectivity index is 1.31. The van der Waals surface area contributed by atoms with Crippen molar-refractivity contribution in [1.29, 1.82) is 0 Å². The number of methoxy groups -OCH3 is 1. The molecule has 1 N–H and O–H groups in total. The number of benzene rings is 3. The van der Waals surface area contributed by atoms with E-state index in [1.807, 2.05) is 55.5 Å². The maximum atomic E-state index is 12.6. The van der Waals surface area contributed by atoms with Crippen LogP contribution in [0.5, 0.6) is 5.75 Å². The van der Waals surface area contributed by atoms with Crippen LogP contribution in [0.3, 0.4) is 0 Å². The summed E-state index contributed by atoms with van der Waals surface area (Å²) >= 11 is 6.15. The number of hydrogen-bond donors (Lipinski definition) is 1. The first-order chi connectivity index (χ1) is 15.5. The number of aryl methyl sites for hydroxylation is 1. The highest BCUT2D eigenvalue weighted by atomic mass is 35.5. The summed E-state index contributed by atoms with van der Waals surface area (Å²) < 4.78 is 5.51. The molecule has 1 saturated heterocycles. The molecule has 1 heterocycles. The van der Waals surface area contributed by atoms with Crippen LogP contribution in [0.2, 0.25) is 5.02 Å². The van der Waals surface area contributed by atoms with Gasteiger partial charge in [-0.15, -0.1) is 0 Å². The molecule has 166 valence electrons. The Bertz CT molecular complexity index is 1080. The van der Waals surface area contributed by atoms with Crippen molar-refractivity contribution >= 4 is 28.9 Å². The van der Waals surface area contributed by atoms with Gasteiger partial charge in [-0.25, -0.2) is 0 Å². The van der Waals surface area contributed by atoms with Gasteiger partial charge in [-0.3, -0.25) is 9.69 Å². The Hall–Kier alpha value is -3.02. The number of rotatable bonds is 6. The van der Waals surface area contributed by atoms with Gasteiger partial charge in [-0.05, 0) is 54.4 Å². The van der Waals surface area contributed by atoms with Crippen molar-refractivity contribution in [3.05, 3.63) is 88.4 Å². The number of carbonyl (C=O) groups excluding carboxylic acids is 1. The highest BCUT2D eigenvalue weighted by Crippen LogP contribution is 2.28. The van der Waals surface area contributed by atoms with Gasteiger partial charge in [0.15, 0.2) is 0 Å². The van der Waals surface area contributed by atoms with E-state index in [0.717, 1.165) is 49.7 Å². The van der Waals surface area contributed by atoms with E-state index in [-0.39, 0.29) is 5.91 Å². The molecule has 1 fully saturated rings. The van der Waals surface area contributed by atoms with Crippen molar-refractivity contribution in [2.75, 3.05) is 43.5 Å². The Morgan fingerprint density at radius 3 is 2.41 bits per heavy atom. The largest absolute Gasteiger partial charge is 0.495 e. The Morgan fingerprint density at radius 1 is 1.00 bits per heavy atom. The van der Waals surface area contributed by atoms with Crippen LogP contribution in [0.15, 0.2) is 66.7 Å². The summed E-state index contributed by atoms with van der Waals surface area (Å²) in [5, 5.41) is 3.55. The fourth-order valence-electron chi connectivity index (χ4n) is 3.93. The van der Waals surface area contributed by atoms with Crippen LogP contribution in [0.25, 0.3) is 0 Å². The molecule has 0 atom stereocenters. The van der Waals surface area contributed by atoms with E-state index in [4.69, 9.17) is 16.3 Å². The molecule has 6 heteroatoms. The summed E-state index contributed by atoms with van der Waals surface area (Å²) in [7, 11) is 1.72. The Labute approximate surface area is 194 Å². The number of piperazine rings is 1. The molecule has 0 radical (unpaired) electrons. The minimum Gasteiger partial charge on any atom is -0.495 e. The monoisotopic (exact) mass is 449 g/mol. The topological polar surface area (TPSA) is 44.8 Å². The maximum absolute atomic E-state index is 12.6. The van der Waals surface area contributed by atoms with E-state index >= 15 is 0 Å². The second-order valence-corrected chi connectivity index (χ2v) is 8.46. The molecule has 4 rings (SSSR count). The molecule has 0 bridgehead atoms. The molecule has 0 aliphatic carbocycles. The van der Waals surface area contributed by atoms with Gasteiger partial charge < -0.3 is 15.0 Å². The summed E-state index contributed by atoms with van der Waals surface area (Å²) in [6.07, 6.45) is 0. The van der Waals surface area contributed by atoms with Crippen molar-refractivity contribution in [3.63, 3.8) is 0 Å². The molecule has 0 saturated carbocycles. The smallest absolute Gasteiger partial charge is 0.255 e. The lowest BCUT2D eigenvalue weighted by atomic mass is 10.1. The standard InChI is InChI=1S/C26H28ClN3O2/c1-19-7-12-22(17-23(19)27)28-26(31)21-10-8-20(9-11-21)18-29-13-15-30(16-14-29)24-5-3-4-6-25(24)32-2/h3-12,17H,13-16,18H2,1-2H3,(H,28,31). The average molecular weight is 450 g/mol. The fourth-order valence-corrected chi connectivity index (χ4v) is 4.11. The summed E-state index contributed by atoms with van der Waals surface area (Å²) in [6, 6.07) is 21.5. The van der Waals surface area contributed by atoms with Crippen molar-refractivity contribution < 1.29 is 9.53 Å². The third-order valence-corrected chi connectivity index (χ3v) is 6.26. The van der Waals surface area contributed by atoms with E-state index in [1.165, 1.54) is 5.56 Å². The molecular formula is C26H28ClN3O2. The fraction of sp³-hybridized carbons (Fsp3) is 0.269. The van der Waals surface area contributed by atoms with Gasteiger partial charge in [0.2, 0.25) is 0 Å². The van der Waals surface area contributed by atoms with Crippen LogP contribution >= 0.6 is 11.6 Å². The molecule has 1 amide bonds. The zero-order chi connectivity index (χ0) is 22.5. The van der Waals surface area contributed by atoms with Gasteiger partial charge in [0.1, 0.15) is 5.75 Å². The van der Waals surface area contributed by atoms with Crippen molar-refractivity contribution in [2.45, 2.75) is 13.5 Å². The number of ether oxygens (including phenoxy) is 1. The first kappa shape index (κ1) is 22.2. The molecule has 1 aliphatic rings. The highest BCUT2D eigenvalue weighted by Gasteiger charge is 2.19. The van der Waals surface area contributed by atoms with Crippen LogP contribution in [-0.2, 0) is 6.54 Å². The molecule has 0 aromatic heterocycles. The Morgan fingerprint density at radius 2 is 1.72 bits per heavy atom. The lowest BCUT2D eigenvalue weighted by Gasteiger charge is -2.36. The van der Waals surface area contributed by atoms with Crippen molar-refractivity contribution in [2.24, 2.45) is 0 Å². The molecular weight excluding hydrogens is 422 g/mol. The molecule has 0 unspecified atom stereocenters. The second kappa shape index (κ2) is 10.1. The zero-order valence-corrected chi connectivity index (χ0v) is 19.2. The first-order valence-corrected chi connectivity index (χ1v) is 11.2. The predicted molar refractivity (Wildman–Crippen MR) is 131 cm³/mol. The van der Waals surface area contributed by atoms with Crippen LogP contribution in [-0.4, -0.2) is 44.1 Å². The SMILES string of the molecule is COc1ccccc1N1CCN(Cc2ccc(C(=O)Nc3ccc(C)c(Cl)c3)cc2)CC1. The Kier molecular flexibility index (Phi) is 6.98. The number of amides is 1. The van der Waals surface area contributed by atoms with Gasteiger partial charge in [0, 0.05) is 49.0 Å². The number of hydrogen-bond acceptors (Lipinski definition) is 4. The number of nitrogens with one attached hydrogen (secondary N) is 1. The minimum absolute atomic E-state index is 0.137. The quantitative estimate of drug-likeness (QED) is 0.559. The van der Waals surface area contributed by atoms with Gasteiger partial charge in [0.25, 0.3) is 5.91 Å². The lowest BCUT2D eigenvalue weighted by molar-refractivity contribution is 0.102. The second-order valence-electron chi connectivity index (χ2n) is 8.05. The number of nitrogens with zero attached hydrogens (tertiary/aromatic N) is 2. The average Bonchev–Trinajstić information content (AvgIpc) is 2.82. The lowest BCUT2D eigenvalue weighted by Crippen LogP contribution is -2.46. The molecule has 5 nitrogen and oxygen atoms in total. The normalized spacial score (nSPS) is 14.3. The summed E-state index contributed by atoms with van der Waals surface area (Å²) in [5.74, 6) is 0.782. The summed E-state index contributed by atoms with van der Waals surface area (Å²) in [6.45, 7) is 6.68. The van der Waals surface area contributed by atoms with E-state index in [0.29, 0.717) is 16.3 Å². The van der Waals surface area contributed by atoms with E-state index < -0.39 is 0 Å². The molecule has 32 heavy (non-hydrogen) atoms.